The number of nitrogens with two attached hydrogens (primary N) is 1. The molecule has 0 bridgehead atoms. The van der Waals surface area contributed by atoms with Crippen molar-refractivity contribution in [1.29, 1.82) is 0 Å². The van der Waals surface area contributed by atoms with Crippen molar-refractivity contribution in [2.45, 2.75) is 36.5 Å². The first-order valence-corrected chi connectivity index (χ1v) is 9.78. The van der Waals surface area contributed by atoms with Gasteiger partial charge in [-0.05, 0) is 18.9 Å². The number of sulfone groups is 1. The fraction of sp³-hybridized carbons (Fsp3) is 0.562. The zero-order chi connectivity index (χ0) is 16.5. The summed E-state index contributed by atoms with van der Waals surface area (Å²) in [4.78, 5) is 4.32. The van der Waals surface area contributed by atoms with E-state index in [1.807, 2.05) is 24.3 Å². The van der Waals surface area contributed by atoms with Gasteiger partial charge in [0.2, 0.25) is 0 Å². The van der Waals surface area contributed by atoms with E-state index < -0.39 is 14.6 Å². The zero-order valence-corrected chi connectivity index (χ0v) is 16.8. The number of hydrogen-bond donors (Lipinski definition) is 2. The largest absolute Gasteiger partial charge is 0.493 e. The first-order valence-electron chi connectivity index (χ1n) is 7.89. The third-order valence-electron chi connectivity index (χ3n) is 4.87. The minimum absolute atomic E-state index is 0. The van der Waals surface area contributed by atoms with Crippen LogP contribution in [0.2, 0.25) is 0 Å². The number of hydrogen-bond acceptors (Lipinski definition) is 4. The molecule has 6 nitrogen and oxygen atoms in total. The third kappa shape index (κ3) is 3.79. The van der Waals surface area contributed by atoms with Crippen LogP contribution in [0.4, 0.5) is 0 Å². The molecule has 0 aromatic heterocycles. The number of aliphatic imine (C=N–C) groups is 1. The fourth-order valence-corrected chi connectivity index (χ4v) is 4.49. The van der Waals surface area contributed by atoms with Gasteiger partial charge in [0.1, 0.15) is 5.75 Å². The van der Waals surface area contributed by atoms with Gasteiger partial charge in [-0.15, -0.1) is 24.0 Å². The summed E-state index contributed by atoms with van der Waals surface area (Å²) in [7, 11) is -3.12. The Morgan fingerprint density at radius 2 is 2.12 bits per heavy atom. The standard InChI is InChI=1S/C16H23N3O3S.HI/c1-23(20,21)16(8-4-9-16)11-18-15(17)19-13-7-10-22-14-6-3-2-5-12(13)14;/h2-3,5-6,13H,4,7-11H2,1H3,(H3,17,18,19);1H. The number of halogens is 1. The van der Waals surface area contributed by atoms with Crippen LogP contribution in [0, 0.1) is 0 Å². The van der Waals surface area contributed by atoms with Gasteiger partial charge >= 0.3 is 0 Å². The smallest absolute Gasteiger partial charge is 0.189 e. The van der Waals surface area contributed by atoms with Crippen LogP contribution in [0.5, 0.6) is 5.75 Å². The Kier molecular flexibility index (Phi) is 6.00. The van der Waals surface area contributed by atoms with Crippen molar-refractivity contribution < 1.29 is 13.2 Å². The highest BCUT2D eigenvalue weighted by Gasteiger charge is 2.46. The van der Waals surface area contributed by atoms with E-state index in [0.29, 0.717) is 25.4 Å². The van der Waals surface area contributed by atoms with Crippen molar-refractivity contribution >= 4 is 39.8 Å². The molecule has 0 spiro atoms. The number of benzene rings is 1. The molecule has 1 fully saturated rings. The molecule has 1 unspecified atom stereocenters. The van der Waals surface area contributed by atoms with Crippen LogP contribution in [-0.4, -0.2) is 38.5 Å². The predicted molar refractivity (Wildman–Crippen MR) is 106 cm³/mol. The van der Waals surface area contributed by atoms with Gasteiger partial charge in [0, 0.05) is 18.2 Å². The van der Waals surface area contributed by atoms with E-state index in [1.54, 1.807) is 0 Å². The summed E-state index contributed by atoms with van der Waals surface area (Å²) in [5.74, 6) is 1.15. The fourth-order valence-electron chi connectivity index (χ4n) is 3.16. The monoisotopic (exact) mass is 465 g/mol. The maximum Gasteiger partial charge on any atom is 0.189 e. The lowest BCUT2D eigenvalue weighted by atomic mass is 9.84. The Labute approximate surface area is 160 Å². The van der Waals surface area contributed by atoms with Crippen LogP contribution >= 0.6 is 24.0 Å². The molecule has 3 N–H and O–H groups in total. The summed E-state index contributed by atoms with van der Waals surface area (Å²) >= 11 is 0. The number of ether oxygens (including phenoxy) is 1. The molecule has 1 aliphatic heterocycles. The van der Waals surface area contributed by atoms with Gasteiger partial charge in [0.15, 0.2) is 15.8 Å². The van der Waals surface area contributed by atoms with Crippen LogP contribution in [0.25, 0.3) is 0 Å². The second kappa shape index (κ2) is 7.47. The van der Waals surface area contributed by atoms with Crippen LogP contribution in [0.1, 0.15) is 37.3 Å². The number of rotatable bonds is 4. The first kappa shape index (κ1) is 19.3. The normalized spacial score (nSPS) is 22.4. The number of guanidine groups is 1. The second-order valence-corrected chi connectivity index (χ2v) is 8.79. The quantitative estimate of drug-likeness (QED) is 0.403. The molecule has 24 heavy (non-hydrogen) atoms. The molecule has 0 amide bonds. The maximum atomic E-state index is 12.0. The van der Waals surface area contributed by atoms with Gasteiger partial charge in [-0.2, -0.15) is 0 Å². The van der Waals surface area contributed by atoms with E-state index in [0.717, 1.165) is 24.2 Å². The molecule has 1 aliphatic carbocycles. The molecule has 1 aromatic rings. The van der Waals surface area contributed by atoms with E-state index in [9.17, 15) is 8.42 Å². The topological polar surface area (TPSA) is 93.8 Å². The summed E-state index contributed by atoms with van der Waals surface area (Å²) in [6.45, 7) is 0.852. The van der Waals surface area contributed by atoms with E-state index in [2.05, 4.69) is 10.3 Å². The van der Waals surface area contributed by atoms with Gasteiger partial charge in [-0.3, -0.25) is 4.99 Å². The average Bonchev–Trinajstić information content (AvgIpc) is 2.45. The maximum absolute atomic E-state index is 12.0. The molecule has 3 rings (SSSR count). The predicted octanol–water partition coefficient (Wildman–Crippen LogP) is 2.00. The number of nitrogens with one attached hydrogen (secondary N) is 1. The van der Waals surface area contributed by atoms with Crippen LogP contribution in [-0.2, 0) is 9.84 Å². The molecule has 1 atom stereocenters. The van der Waals surface area contributed by atoms with Crippen LogP contribution in [0.15, 0.2) is 29.3 Å². The third-order valence-corrected chi connectivity index (χ3v) is 6.98. The van der Waals surface area contributed by atoms with E-state index in [-0.39, 0.29) is 36.6 Å². The minimum Gasteiger partial charge on any atom is -0.493 e. The van der Waals surface area contributed by atoms with Gasteiger partial charge in [-0.1, -0.05) is 24.6 Å². The SMILES string of the molecule is CS(=O)(=O)C1(CN=C(N)NC2CCOc3ccccc32)CCC1.I. The van der Waals surface area contributed by atoms with Gasteiger partial charge in [0.25, 0.3) is 0 Å². The van der Waals surface area contributed by atoms with E-state index >= 15 is 0 Å². The Balaban J connectivity index is 0.00000208. The van der Waals surface area contributed by atoms with Crippen molar-refractivity contribution in [2.24, 2.45) is 10.7 Å². The number of fused-ring (bicyclic) bond motifs is 1. The summed E-state index contributed by atoms with van der Waals surface area (Å²) in [6.07, 6.45) is 4.36. The van der Waals surface area contributed by atoms with Crippen LogP contribution < -0.4 is 15.8 Å². The highest BCUT2D eigenvalue weighted by atomic mass is 127. The van der Waals surface area contributed by atoms with E-state index in [1.165, 1.54) is 6.26 Å². The number of para-hydroxylation sites is 1. The molecule has 0 radical (unpaired) electrons. The lowest BCUT2D eigenvalue weighted by molar-refractivity contribution is 0.262. The molecule has 0 saturated heterocycles. The van der Waals surface area contributed by atoms with Crippen molar-refractivity contribution in [1.82, 2.24) is 5.32 Å². The molecule has 1 heterocycles. The van der Waals surface area contributed by atoms with Crippen molar-refractivity contribution in [3.05, 3.63) is 29.8 Å². The molecule has 8 heteroatoms. The first-order chi connectivity index (χ1) is 10.9. The molecule has 134 valence electrons. The van der Waals surface area contributed by atoms with Gasteiger partial charge in [0.05, 0.1) is 23.9 Å². The molecular formula is C16H24IN3O3S. The Morgan fingerprint density at radius 3 is 2.75 bits per heavy atom. The molecule has 1 saturated carbocycles. The second-order valence-electron chi connectivity index (χ2n) is 6.38. The Bertz CT molecular complexity index is 717. The number of nitrogens with zero attached hydrogens (tertiary/aromatic N) is 1. The highest BCUT2D eigenvalue weighted by Crippen LogP contribution is 2.39. The van der Waals surface area contributed by atoms with Crippen LogP contribution in [0.3, 0.4) is 0 Å². The summed E-state index contributed by atoms with van der Waals surface area (Å²) in [5, 5.41) is 3.20. The van der Waals surface area contributed by atoms with Crippen molar-refractivity contribution in [2.75, 3.05) is 19.4 Å². The molecular weight excluding hydrogens is 441 g/mol. The van der Waals surface area contributed by atoms with Crippen molar-refractivity contribution in [3.63, 3.8) is 0 Å². The van der Waals surface area contributed by atoms with Gasteiger partial charge < -0.3 is 15.8 Å². The average molecular weight is 465 g/mol. The van der Waals surface area contributed by atoms with Gasteiger partial charge in [-0.25, -0.2) is 8.42 Å². The summed E-state index contributed by atoms with van der Waals surface area (Å²) in [5.41, 5.74) is 7.05. The molecule has 1 aromatic carbocycles. The van der Waals surface area contributed by atoms with Crippen molar-refractivity contribution in [3.8, 4) is 5.75 Å². The molecule has 2 aliphatic rings. The Hall–Kier alpha value is -1.03. The van der Waals surface area contributed by atoms with E-state index in [4.69, 9.17) is 10.5 Å². The minimum atomic E-state index is -3.12. The zero-order valence-electron chi connectivity index (χ0n) is 13.7. The Morgan fingerprint density at radius 1 is 1.42 bits per heavy atom. The summed E-state index contributed by atoms with van der Waals surface area (Å²) < 4.78 is 28.8. The highest BCUT2D eigenvalue weighted by molar-refractivity contribution is 14.0. The lowest BCUT2D eigenvalue weighted by Crippen LogP contribution is -2.48. The lowest BCUT2D eigenvalue weighted by Gasteiger charge is -2.38. The summed E-state index contributed by atoms with van der Waals surface area (Å²) in [6, 6.07) is 7.87.